The Morgan fingerprint density at radius 2 is 1.78 bits per heavy atom. The fraction of sp³-hybridized carbons (Fsp3) is 0.571. The van der Waals surface area contributed by atoms with Crippen molar-refractivity contribution in [3.63, 3.8) is 0 Å². The number of aryl methyl sites for hydroxylation is 1. The number of nitrogens with zero attached hydrogens (tertiary/aromatic N) is 2. The molecule has 0 radical (unpaired) electrons. The minimum absolute atomic E-state index is 0.252. The summed E-state index contributed by atoms with van der Waals surface area (Å²) in [6, 6.07) is 16.6. The number of benzene rings is 2. The highest BCUT2D eigenvalue weighted by Crippen LogP contribution is 2.31. The van der Waals surface area contributed by atoms with E-state index in [0.717, 1.165) is 66.8 Å². The molecule has 222 valence electrons. The van der Waals surface area contributed by atoms with Gasteiger partial charge in [0.05, 0.1) is 5.69 Å². The van der Waals surface area contributed by atoms with E-state index in [2.05, 4.69) is 46.0 Å². The maximum atomic E-state index is 14.0. The number of unbranched alkanes of at least 4 members (excludes halogenated alkanes) is 1. The zero-order chi connectivity index (χ0) is 28.4. The first-order valence-electron chi connectivity index (χ1n) is 16.1. The third kappa shape index (κ3) is 7.94. The second-order valence-electron chi connectivity index (χ2n) is 12.0. The average Bonchev–Trinajstić information content (AvgIpc) is 3.34. The molecule has 2 aromatic carbocycles. The summed E-state index contributed by atoms with van der Waals surface area (Å²) in [4.78, 5) is 16.7. The normalized spacial score (nSPS) is 17.6. The van der Waals surface area contributed by atoms with Crippen molar-refractivity contribution in [2.45, 2.75) is 96.7 Å². The van der Waals surface area contributed by atoms with E-state index in [4.69, 9.17) is 16.3 Å². The van der Waals surface area contributed by atoms with Crippen molar-refractivity contribution in [3.05, 3.63) is 64.8 Å². The van der Waals surface area contributed by atoms with Gasteiger partial charge in [-0.1, -0.05) is 49.6 Å². The van der Waals surface area contributed by atoms with Crippen molar-refractivity contribution >= 4 is 28.3 Å². The van der Waals surface area contributed by atoms with Crippen LogP contribution in [0.1, 0.15) is 93.6 Å². The summed E-state index contributed by atoms with van der Waals surface area (Å²) in [6.07, 6.45) is 12.6. The van der Waals surface area contributed by atoms with Crippen LogP contribution in [0.25, 0.3) is 10.9 Å². The van der Waals surface area contributed by atoms with Gasteiger partial charge in [0.25, 0.3) is 0 Å². The topological polar surface area (TPSA) is 46.5 Å². The Morgan fingerprint density at radius 1 is 1.02 bits per heavy atom. The summed E-state index contributed by atoms with van der Waals surface area (Å²) in [7, 11) is 0. The van der Waals surface area contributed by atoms with E-state index >= 15 is 0 Å². The van der Waals surface area contributed by atoms with Gasteiger partial charge < -0.3 is 19.5 Å². The Labute approximate surface area is 251 Å². The Bertz CT molecular complexity index is 1240. The van der Waals surface area contributed by atoms with Gasteiger partial charge in [-0.25, -0.2) is 0 Å². The summed E-state index contributed by atoms with van der Waals surface area (Å²) < 4.78 is 8.67. The van der Waals surface area contributed by atoms with E-state index in [0.29, 0.717) is 30.0 Å². The molecule has 2 aliphatic heterocycles. The van der Waals surface area contributed by atoms with Crippen LogP contribution in [-0.4, -0.2) is 47.5 Å². The molecule has 0 bridgehead atoms. The number of carbonyl (C=O) groups excluding carboxylic acids is 1. The lowest BCUT2D eigenvalue weighted by Gasteiger charge is -2.34. The number of hydrogen-bond acceptors (Lipinski definition) is 4. The number of Topliss-reactive ketones (excluding diaryl/α,β-unsaturated/α-hetero) is 1. The van der Waals surface area contributed by atoms with E-state index in [1.165, 1.54) is 58.0 Å². The highest BCUT2D eigenvalue weighted by molar-refractivity contribution is 6.30. The molecule has 5 rings (SSSR count). The van der Waals surface area contributed by atoms with Gasteiger partial charge in [-0.2, -0.15) is 0 Å². The van der Waals surface area contributed by atoms with E-state index in [9.17, 15) is 4.79 Å². The monoisotopic (exact) mass is 577 g/mol. The molecule has 1 aromatic heterocycles. The van der Waals surface area contributed by atoms with Crippen molar-refractivity contribution in [1.29, 1.82) is 0 Å². The van der Waals surface area contributed by atoms with Crippen molar-refractivity contribution in [2.75, 3.05) is 26.2 Å². The van der Waals surface area contributed by atoms with Crippen LogP contribution in [-0.2, 0) is 13.2 Å². The number of fused-ring (bicyclic) bond motifs is 1. The SMILES string of the molecule is CCC(CCCCC(=O)c1c(COc2ccc(Cl)cc2)n(CCC2CCNCC2)c2ccccc12)N1CCCCC1. The van der Waals surface area contributed by atoms with Crippen molar-refractivity contribution in [3.8, 4) is 5.75 Å². The van der Waals surface area contributed by atoms with E-state index in [-0.39, 0.29) is 5.78 Å². The lowest BCUT2D eigenvalue weighted by atomic mass is 9.94. The number of nitrogens with one attached hydrogen (secondary N) is 1. The van der Waals surface area contributed by atoms with E-state index < -0.39 is 0 Å². The Morgan fingerprint density at radius 3 is 2.54 bits per heavy atom. The maximum absolute atomic E-state index is 14.0. The van der Waals surface area contributed by atoms with Gasteiger partial charge in [0.15, 0.2) is 5.78 Å². The number of halogens is 1. The predicted molar refractivity (Wildman–Crippen MR) is 170 cm³/mol. The first-order valence-corrected chi connectivity index (χ1v) is 16.5. The van der Waals surface area contributed by atoms with Crippen LogP contribution in [0.4, 0.5) is 0 Å². The summed E-state index contributed by atoms with van der Waals surface area (Å²) in [5, 5.41) is 5.24. The molecule has 3 aromatic rings. The fourth-order valence-electron chi connectivity index (χ4n) is 6.96. The minimum Gasteiger partial charge on any atom is -0.487 e. The third-order valence-corrected chi connectivity index (χ3v) is 9.59. The van der Waals surface area contributed by atoms with Crippen molar-refractivity contribution in [2.24, 2.45) is 5.92 Å². The molecule has 3 heterocycles. The number of para-hydroxylation sites is 1. The minimum atomic E-state index is 0.252. The van der Waals surface area contributed by atoms with Gasteiger partial charge in [0, 0.05) is 40.5 Å². The standard InChI is InChI=1S/C35H48ClN3O2/c1-2-29(38-23-8-3-9-24-38)10-4-7-13-34(40)35-31-11-5-6-12-32(31)39(25-20-27-18-21-37-22-19-27)33(35)26-41-30-16-14-28(36)15-17-30/h5-6,11-12,14-17,27,29,37H,2-4,7-10,13,18-26H2,1H3. The van der Waals surface area contributed by atoms with Gasteiger partial charge in [-0.3, -0.25) is 4.79 Å². The molecular formula is C35H48ClN3O2. The Hall–Kier alpha value is -2.34. The van der Waals surface area contributed by atoms with Crippen molar-refractivity contribution < 1.29 is 9.53 Å². The molecule has 5 nitrogen and oxygen atoms in total. The molecule has 1 unspecified atom stereocenters. The molecule has 6 heteroatoms. The Kier molecular flexibility index (Phi) is 11.2. The summed E-state index contributed by atoms with van der Waals surface area (Å²) in [5.41, 5.74) is 3.03. The number of ketones is 1. The zero-order valence-electron chi connectivity index (χ0n) is 24.9. The van der Waals surface area contributed by atoms with Crippen molar-refractivity contribution in [1.82, 2.24) is 14.8 Å². The number of likely N-dealkylation sites (tertiary alicyclic amines) is 1. The van der Waals surface area contributed by atoms with Gasteiger partial charge >= 0.3 is 0 Å². The molecule has 41 heavy (non-hydrogen) atoms. The van der Waals surface area contributed by atoms with Gasteiger partial charge in [0.1, 0.15) is 12.4 Å². The number of hydrogen-bond donors (Lipinski definition) is 1. The second-order valence-corrected chi connectivity index (χ2v) is 12.5. The van der Waals surface area contributed by atoms with Crippen LogP contribution < -0.4 is 10.1 Å². The molecule has 2 fully saturated rings. The van der Waals surface area contributed by atoms with Crippen LogP contribution in [0.3, 0.4) is 0 Å². The van der Waals surface area contributed by atoms with Gasteiger partial charge in [-0.05, 0) is 114 Å². The molecule has 0 aliphatic carbocycles. The van der Waals surface area contributed by atoms with E-state index in [1.54, 1.807) is 0 Å². The molecule has 1 atom stereocenters. The lowest BCUT2D eigenvalue weighted by Crippen LogP contribution is -2.38. The van der Waals surface area contributed by atoms with Crippen LogP contribution in [0.15, 0.2) is 48.5 Å². The molecule has 0 spiro atoms. The number of rotatable bonds is 14. The number of carbonyl (C=O) groups is 1. The van der Waals surface area contributed by atoms with Crippen LogP contribution in [0.5, 0.6) is 5.75 Å². The molecule has 0 saturated carbocycles. The van der Waals surface area contributed by atoms with Crippen LogP contribution >= 0.6 is 11.6 Å². The summed E-state index contributed by atoms with van der Waals surface area (Å²) in [6.45, 7) is 8.28. The third-order valence-electron chi connectivity index (χ3n) is 9.34. The number of ether oxygens (including phenoxy) is 1. The summed E-state index contributed by atoms with van der Waals surface area (Å²) in [5.74, 6) is 1.74. The molecule has 2 saturated heterocycles. The van der Waals surface area contributed by atoms with Gasteiger partial charge in [-0.15, -0.1) is 0 Å². The first-order chi connectivity index (χ1) is 20.1. The zero-order valence-corrected chi connectivity index (χ0v) is 25.6. The summed E-state index contributed by atoms with van der Waals surface area (Å²) >= 11 is 6.11. The second kappa shape index (κ2) is 15.2. The molecule has 0 amide bonds. The predicted octanol–water partition coefficient (Wildman–Crippen LogP) is 8.27. The van der Waals surface area contributed by atoms with Crippen LogP contribution in [0.2, 0.25) is 5.02 Å². The largest absolute Gasteiger partial charge is 0.487 e. The lowest BCUT2D eigenvalue weighted by molar-refractivity contribution is 0.0974. The quantitative estimate of drug-likeness (QED) is 0.155. The first kappa shape index (κ1) is 30.1. The van der Waals surface area contributed by atoms with E-state index in [1.807, 2.05) is 24.3 Å². The fourth-order valence-corrected chi connectivity index (χ4v) is 7.08. The maximum Gasteiger partial charge on any atom is 0.165 e. The molecular weight excluding hydrogens is 530 g/mol. The number of piperidine rings is 2. The smallest absolute Gasteiger partial charge is 0.165 e. The van der Waals surface area contributed by atoms with Gasteiger partial charge in [0.2, 0.25) is 0 Å². The van der Waals surface area contributed by atoms with Crippen LogP contribution in [0, 0.1) is 5.92 Å². The molecule has 2 aliphatic rings. The number of aromatic nitrogens is 1. The highest BCUT2D eigenvalue weighted by atomic mass is 35.5. The Balaban J connectivity index is 1.33. The average molecular weight is 578 g/mol. The highest BCUT2D eigenvalue weighted by Gasteiger charge is 2.24. The molecule has 1 N–H and O–H groups in total.